The van der Waals surface area contributed by atoms with E-state index in [0.29, 0.717) is 16.1 Å². The Balaban J connectivity index is 2.06. The van der Waals surface area contributed by atoms with Gasteiger partial charge >= 0.3 is 5.91 Å². The van der Waals surface area contributed by atoms with Gasteiger partial charge in [0.1, 0.15) is 0 Å². The summed E-state index contributed by atoms with van der Waals surface area (Å²) in [5.74, 6) is -0.207. The maximum absolute atomic E-state index is 11.7. The number of hydrazone groups is 1. The Hall–Kier alpha value is -2.08. The monoisotopic (exact) mass is 321 g/mol. The Morgan fingerprint density at radius 1 is 1.26 bits per heavy atom. The van der Waals surface area contributed by atoms with Crippen molar-refractivity contribution in [2.45, 2.75) is 6.92 Å². The van der Waals surface area contributed by atoms with Gasteiger partial charge in [-0.05, 0) is 52.7 Å². The molecule has 2 rings (SSSR count). The number of halogens is 1. The van der Waals surface area contributed by atoms with Crippen molar-refractivity contribution in [3.05, 3.63) is 52.4 Å². The molecule has 1 aromatic heterocycles. The normalized spacial score (nSPS) is 11.4. The lowest BCUT2D eigenvalue weighted by atomic mass is 10.1. The highest BCUT2D eigenvalue weighted by atomic mass is 79.9. The van der Waals surface area contributed by atoms with Gasteiger partial charge in [-0.3, -0.25) is 4.79 Å². The van der Waals surface area contributed by atoms with E-state index in [9.17, 15) is 4.79 Å². The number of carbonyl (C=O) groups is 1. The lowest BCUT2D eigenvalue weighted by Crippen LogP contribution is -2.18. The summed E-state index contributed by atoms with van der Waals surface area (Å²) in [7, 11) is 0. The zero-order valence-electron chi connectivity index (χ0n) is 10.2. The van der Waals surface area contributed by atoms with Gasteiger partial charge in [0.05, 0.1) is 5.71 Å². The van der Waals surface area contributed by atoms with Gasteiger partial charge in [0.2, 0.25) is 0 Å². The maximum Gasteiger partial charge on any atom is 0.307 e. The first-order valence-electron chi connectivity index (χ1n) is 5.52. The Labute approximate surface area is 118 Å². The Kier molecular flexibility index (Phi) is 4.01. The van der Waals surface area contributed by atoms with Gasteiger partial charge in [-0.1, -0.05) is 12.1 Å². The minimum Gasteiger partial charge on any atom is -0.444 e. The van der Waals surface area contributed by atoms with E-state index in [-0.39, 0.29) is 5.76 Å². The standard InChI is InChI=1S/C13H12BrN3O2/c1-8(9-2-4-10(15)5-3-9)16-17-13(18)11-6-7-12(14)19-11/h2-7H,15H2,1H3,(H,17,18)/b16-8+. The van der Waals surface area contributed by atoms with Crippen LogP contribution in [0.15, 0.2) is 50.6 Å². The van der Waals surface area contributed by atoms with E-state index >= 15 is 0 Å². The van der Waals surface area contributed by atoms with Crippen molar-refractivity contribution in [2.24, 2.45) is 5.10 Å². The average molecular weight is 322 g/mol. The summed E-state index contributed by atoms with van der Waals surface area (Å²) in [5, 5.41) is 4.01. The first kappa shape index (κ1) is 13.4. The van der Waals surface area contributed by atoms with Gasteiger partial charge in [-0.15, -0.1) is 0 Å². The molecule has 0 fully saturated rings. The Bertz CT molecular complexity index is 617. The molecule has 1 aromatic carbocycles. The topological polar surface area (TPSA) is 80.6 Å². The maximum atomic E-state index is 11.7. The average Bonchev–Trinajstić information content (AvgIpc) is 2.83. The molecule has 98 valence electrons. The van der Waals surface area contributed by atoms with Crippen LogP contribution in [0.4, 0.5) is 5.69 Å². The number of nitrogens with one attached hydrogen (secondary N) is 1. The van der Waals surface area contributed by atoms with E-state index in [1.54, 1.807) is 31.2 Å². The predicted octanol–water partition coefficient (Wildman–Crippen LogP) is 2.78. The van der Waals surface area contributed by atoms with Gasteiger partial charge in [-0.2, -0.15) is 5.10 Å². The van der Waals surface area contributed by atoms with Crippen LogP contribution in [0.3, 0.4) is 0 Å². The second-order valence-corrected chi connectivity index (χ2v) is 4.65. The van der Waals surface area contributed by atoms with Crippen LogP contribution in [0.25, 0.3) is 0 Å². The molecule has 5 nitrogen and oxygen atoms in total. The second-order valence-electron chi connectivity index (χ2n) is 3.86. The van der Waals surface area contributed by atoms with Crippen LogP contribution in [-0.2, 0) is 0 Å². The van der Waals surface area contributed by atoms with Gasteiger partial charge < -0.3 is 10.2 Å². The largest absolute Gasteiger partial charge is 0.444 e. The quantitative estimate of drug-likeness (QED) is 0.518. The summed E-state index contributed by atoms with van der Waals surface area (Å²) in [4.78, 5) is 11.7. The molecular weight excluding hydrogens is 310 g/mol. The molecule has 2 aromatic rings. The van der Waals surface area contributed by atoms with Crippen LogP contribution in [0, 0.1) is 0 Å². The number of amides is 1. The number of hydrogen-bond donors (Lipinski definition) is 2. The van der Waals surface area contributed by atoms with Crippen molar-refractivity contribution >= 4 is 33.2 Å². The van der Waals surface area contributed by atoms with E-state index < -0.39 is 5.91 Å². The molecule has 0 bridgehead atoms. The van der Waals surface area contributed by atoms with Crippen molar-refractivity contribution in [1.29, 1.82) is 0 Å². The first-order chi connectivity index (χ1) is 9.06. The van der Waals surface area contributed by atoms with Crippen molar-refractivity contribution < 1.29 is 9.21 Å². The molecule has 0 unspecified atom stereocenters. The zero-order valence-corrected chi connectivity index (χ0v) is 11.8. The lowest BCUT2D eigenvalue weighted by molar-refractivity contribution is 0.0926. The van der Waals surface area contributed by atoms with Gasteiger partial charge in [-0.25, -0.2) is 5.43 Å². The number of nitrogen functional groups attached to an aromatic ring is 1. The Morgan fingerprint density at radius 2 is 1.95 bits per heavy atom. The number of nitrogens with two attached hydrogens (primary N) is 1. The number of rotatable bonds is 3. The number of nitrogens with zero attached hydrogens (tertiary/aromatic N) is 1. The van der Waals surface area contributed by atoms with E-state index in [4.69, 9.17) is 10.2 Å². The summed E-state index contributed by atoms with van der Waals surface area (Å²) < 4.78 is 5.61. The smallest absolute Gasteiger partial charge is 0.307 e. The minimum absolute atomic E-state index is 0.195. The fraction of sp³-hybridized carbons (Fsp3) is 0.0769. The van der Waals surface area contributed by atoms with Crippen molar-refractivity contribution in [2.75, 3.05) is 5.73 Å². The molecule has 3 N–H and O–H groups in total. The fourth-order valence-electron chi connectivity index (χ4n) is 1.41. The molecule has 0 aliphatic rings. The lowest BCUT2D eigenvalue weighted by Gasteiger charge is -2.02. The fourth-order valence-corrected chi connectivity index (χ4v) is 1.72. The molecule has 19 heavy (non-hydrogen) atoms. The van der Waals surface area contributed by atoms with Crippen LogP contribution < -0.4 is 11.2 Å². The predicted molar refractivity (Wildman–Crippen MR) is 76.9 cm³/mol. The zero-order chi connectivity index (χ0) is 13.8. The van der Waals surface area contributed by atoms with Crippen LogP contribution in [-0.4, -0.2) is 11.6 Å². The van der Waals surface area contributed by atoms with Crippen molar-refractivity contribution in [1.82, 2.24) is 5.43 Å². The van der Waals surface area contributed by atoms with Crippen LogP contribution >= 0.6 is 15.9 Å². The number of hydrogen-bond acceptors (Lipinski definition) is 4. The Morgan fingerprint density at radius 3 is 2.53 bits per heavy atom. The second kappa shape index (κ2) is 5.71. The van der Waals surface area contributed by atoms with E-state index in [0.717, 1.165) is 5.56 Å². The molecule has 0 aliphatic carbocycles. The van der Waals surface area contributed by atoms with Crippen LogP contribution in [0.5, 0.6) is 0 Å². The third kappa shape index (κ3) is 3.45. The van der Waals surface area contributed by atoms with Crippen molar-refractivity contribution in [3.8, 4) is 0 Å². The SMILES string of the molecule is C/C(=N\NC(=O)c1ccc(Br)o1)c1ccc(N)cc1. The van der Waals surface area contributed by atoms with Gasteiger partial charge in [0, 0.05) is 5.69 Å². The molecule has 1 heterocycles. The number of benzene rings is 1. The third-order valence-corrected chi connectivity index (χ3v) is 2.88. The van der Waals surface area contributed by atoms with E-state index in [2.05, 4.69) is 26.5 Å². The van der Waals surface area contributed by atoms with Crippen LogP contribution in [0.1, 0.15) is 23.0 Å². The highest BCUT2D eigenvalue weighted by molar-refractivity contribution is 9.10. The number of carbonyl (C=O) groups excluding carboxylic acids is 1. The minimum atomic E-state index is -0.402. The molecular formula is C13H12BrN3O2. The van der Waals surface area contributed by atoms with E-state index in [1.807, 2.05) is 12.1 Å². The molecule has 0 saturated carbocycles. The molecule has 0 radical (unpaired) electrons. The van der Waals surface area contributed by atoms with Crippen molar-refractivity contribution in [3.63, 3.8) is 0 Å². The van der Waals surface area contributed by atoms with E-state index in [1.165, 1.54) is 0 Å². The number of furan rings is 1. The summed E-state index contributed by atoms with van der Waals surface area (Å²) >= 11 is 3.13. The highest BCUT2D eigenvalue weighted by Crippen LogP contribution is 2.13. The summed E-state index contributed by atoms with van der Waals surface area (Å²) in [6.45, 7) is 1.80. The molecule has 0 saturated heterocycles. The van der Waals surface area contributed by atoms with Crippen LogP contribution in [0.2, 0.25) is 0 Å². The molecule has 1 amide bonds. The summed E-state index contributed by atoms with van der Waals surface area (Å²) in [6, 6.07) is 10.4. The van der Waals surface area contributed by atoms with Gasteiger partial charge in [0.15, 0.2) is 10.4 Å². The summed E-state index contributed by atoms with van der Waals surface area (Å²) in [6.07, 6.45) is 0. The molecule has 0 aliphatic heterocycles. The molecule has 6 heteroatoms. The molecule has 0 spiro atoms. The molecule has 0 atom stereocenters. The third-order valence-electron chi connectivity index (χ3n) is 2.45. The number of anilines is 1. The first-order valence-corrected chi connectivity index (χ1v) is 6.31. The van der Waals surface area contributed by atoms with Gasteiger partial charge in [0.25, 0.3) is 0 Å². The summed E-state index contributed by atoms with van der Waals surface area (Å²) in [5.41, 5.74) is 10.3. The highest BCUT2D eigenvalue weighted by Gasteiger charge is 2.09.